The van der Waals surface area contributed by atoms with Crippen LogP contribution >= 0.6 is 58.2 Å². The molecule has 0 aliphatic carbocycles. The van der Waals surface area contributed by atoms with Crippen molar-refractivity contribution in [3.63, 3.8) is 0 Å². The minimum atomic E-state index is 0.683. The van der Waals surface area contributed by atoms with E-state index in [1.54, 1.807) is 46.6 Å². The summed E-state index contributed by atoms with van der Waals surface area (Å²) in [4.78, 5) is 9.06. The Kier molecular flexibility index (Phi) is 5.86. The van der Waals surface area contributed by atoms with Crippen LogP contribution in [0, 0.1) is 0 Å². The fourth-order valence-electron chi connectivity index (χ4n) is 1.67. The van der Waals surface area contributed by atoms with E-state index in [9.17, 15) is 0 Å². The summed E-state index contributed by atoms with van der Waals surface area (Å²) >= 11 is 8.18. The SMILES string of the molecule is CCOc1ccc2nc(SCSc3nc(SC)ns3)sc2c1. The molecule has 2 aromatic heterocycles. The van der Waals surface area contributed by atoms with Gasteiger partial charge in [-0.25, -0.2) is 9.97 Å². The van der Waals surface area contributed by atoms with Crippen molar-refractivity contribution in [2.24, 2.45) is 0 Å². The summed E-state index contributed by atoms with van der Waals surface area (Å²) < 4.78 is 13.0. The largest absolute Gasteiger partial charge is 0.494 e. The number of hydrogen-bond acceptors (Lipinski definition) is 9. The van der Waals surface area contributed by atoms with Crippen molar-refractivity contribution in [2.75, 3.05) is 17.9 Å². The highest BCUT2D eigenvalue weighted by atomic mass is 32.2. The molecule has 0 aliphatic rings. The highest BCUT2D eigenvalue weighted by Gasteiger charge is 2.08. The van der Waals surface area contributed by atoms with Gasteiger partial charge >= 0.3 is 0 Å². The Morgan fingerprint density at radius 1 is 1.18 bits per heavy atom. The van der Waals surface area contributed by atoms with Crippen LogP contribution in [-0.2, 0) is 0 Å². The number of thioether (sulfide) groups is 3. The van der Waals surface area contributed by atoms with Crippen LogP contribution in [0.3, 0.4) is 0 Å². The third-order valence-corrected chi connectivity index (χ3v) is 7.38. The Labute approximate surface area is 149 Å². The average Bonchev–Trinajstić information content (AvgIpc) is 3.13. The lowest BCUT2D eigenvalue weighted by molar-refractivity contribution is 0.341. The third-order valence-electron chi connectivity index (χ3n) is 2.59. The molecule has 22 heavy (non-hydrogen) atoms. The van der Waals surface area contributed by atoms with Gasteiger partial charge < -0.3 is 4.74 Å². The van der Waals surface area contributed by atoms with Gasteiger partial charge in [-0.05, 0) is 42.9 Å². The molecule has 4 nitrogen and oxygen atoms in total. The molecule has 3 rings (SSSR count). The average molecular weight is 388 g/mol. The van der Waals surface area contributed by atoms with E-state index in [-0.39, 0.29) is 0 Å². The molecule has 0 fully saturated rings. The maximum Gasteiger partial charge on any atom is 0.200 e. The zero-order valence-corrected chi connectivity index (χ0v) is 16.0. The van der Waals surface area contributed by atoms with Crippen LogP contribution in [0.2, 0.25) is 0 Å². The van der Waals surface area contributed by atoms with Gasteiger partial charge in [-0.3, -0.25) is 0 Å². The Bertz CT molecular complexity index is 757. The van der Waals surface area contributed by atoms with Crippen LogP contribution in [0.15, 0.2) is 32.0 Å². The second kappa shape index (κ2) is 7.87. The van der Waals surface area contributed by atoms with E-state index in [0.717, 1.165) is 30.2 Å². The van der Waals surface area contributed by atoms with Gasteiger partial charge in [0.05, 0.1) is 21.9 Å². The molecule has 9 heteroatoms. The highest BCUT2D eigenvalue weighted by Crippen LogP contribution is 2.35. The number of thiazole rings is 1. The van der Waals surface area contributed by atoms with Gasteiger partial charge in [0, 0.05) is 0 Å². The zero-order chi connectivity index (χ0) is 15.4. The number of hydrogen-bond donors (Lipinski definition) is 0. The van der Waals surface area contributed by atoms with Crippen LogP contribution < -0.4 is 4.74 Å². The zero-order valence-electron chi connectivity index (χ0n) is 11.9. The van der Waals surface area contributed by atoms with Crippen LogP contribution in [0.1, 0.15) is 6.92 Å². The van der Waals surface area contributed by atoms with E-state index in [2.05, 4.69) is 20.4 Å². The number of rotatable bonds is 7. The molecule has 0 bridgehead atoms. The van der Waals surface area contributed by atoms with Gasteiger partial charge in [0.15, 0.2) is 8.68 Å². The van der Waals surface area contributed by atoms with E-state index in [1.807, 2.05) is 25.3 Å². The van der Waals surface area contributed by atoms with Crippen LogP contribution in [0.4, 0.5) is 0 Å². The molecule has 0 unspecified atom stereocenters. The predicted octanol–water partition coefficient (Wildman–Crippen LogP) is 5.11. The quantitative estimate of drug-likeness (QED) is 0.412. The fraction of sp³-hybridized carbons (Fsp3) is 0.308. The summed E-state index contributed by atoms with van der Waals surface area (Å²) in [7, 11) is 0. The number of aromatic nitrogens is 3. The third kappa shape index (κ3) is 4.08. The molecule has 0 N–H and O–H groups in total. The first kappa shape index (κ1) is 16.4. The van der Waals surface area contributed by atoms with Crippen LogP contribution in [0.5, 0.6) is 5.75 Å². The number of nitrogens with zero attached hydrogens (tertiary/aromatic N) is 3. The van der Waals surface area contributed by atoms with Crippen molar-refractivity contribution in [3.05, 3.63) is 18.2 Å². The maximum atomic E-state index is 5.53. The molecule has 2 heterocycles. The first-order valence-electron chi connectivity index (χ1n) is 6.45. The Morgan fingerprint density at radius 3 is 2.82 bits per heavy atom. The first-order chi connectivity index (χ1) is 10.8. The van der Waals surface area contributed by atoms with Crippen LogP contribution in [0.25, 0.3) is 10.2 Å². The molecule has 0 amide bonds. The summed E-state index contributed by atoms with van der Waals surface area (Å²) in [6.45, 7) is 2.67. The second-order valence-electron chi connectivity index (χ2n) is 4.00. The van der Waals surface area contributed by atoms with Gasteiger partial charge in [-0.15, -0.1) is 11.3 Å². The van der Waals surface area contributed by atoms with Gasteiger partial charge in [0.2, 0.25) is 5.16 Å². The summed E-state index contributed by atoms with van der Waals surface area (Å²) in [5, 5.41) is 1.74. The van der Waals surface area contributed by atoms with Crippen molar-refractivity contribution in [1.82, 2.24) is 14.3 Å². The Hall–Kier alpha value is -0.480. The lowest BCUT2D eigenvalue weighted by Gasteiger charge is -2.00. The van der Waals surface area contributed by atoms with E-state index >= 15 is 0 Å². The molecule has 0 atom stereocenters. The topological polar surface area (TPSA) is 47.9 Å². The minimum absolute atomic E-state index is 0.683. The van der Waals surface area contributed by atoms with Gasteiger partial charge in [0.25, 0.3) is 0 Å². The summed E-state index contributed by atoms with van der Waals surface area (Å²) in [6.07, 6.45) is 1.99. The van der Waals surface area contributed by atoms with E-state index in [4.69, 9.17) is 4.74 Å². The number of benzene rings is 1. The molecule has 0 spiro atoms. The second-order valence-corrected chi connectivity index (χ2v) is 9.36. The van der Waals surface area contributed by atoms with E-state index in [0.29, 0.717) is 6.61 Å². The molecule has 116 valence electrons. The van der Waals surface area contributed by atoms with Gasteiger partial charge in [0.1, 0.15) is 5.75 Å². The fourth-order valence-corrected chi connectivity index (χ4v) is 6.48. The summed E-state index contributed by atoms with van der Waals surface area (Å²) in [5.74, 6) is 0.906. The monoisotopic (exact) mass is 387 g/mol. The molecule has 3 aromatic rings. The van der Waals surface area contributed by atoms with Gasteiger partial charge in [-0.2, -0.15) is 4.37 Å². The lowest BCUT2D eigenvalue weighted by Crippen LogP contribution is -1.89. The van der Waals surface area contributed by atoms with Crippen molar-refractivity contribution in [2.45, 2.75) is 20.8 Å². The van der Waals surface area contributed by atoms with Crippen molar-refractivity contribution >= 4 is 68.4 Å². The first-order valence-corrected chi connectivity index (χ1v) is 11.2. The Balaban J connectivity index is 1.61. The van der Waals surface area contributed by atoms with E-state index in [1.165, 1.54) is 16.2 Å². The summed E-state index contributed by atoms with van der Waals surface area (Å²) in [6, 6.07) is 6.05. The molecule has 0 saturated heterocycles. The minimum Gasteiger partial charge on any atom is -0.494 e. The number of fused-ring (bicyclic) bond motifs is 1. The van der Waals surface area contributed by atoms with Crippen LogP contribution in [-0.4, -0.2) is 32.3 Å². The number of ether oxygens (including phenoxy) is 1. The highest BCUT2D eigenvalue weighted by molar-refractivity contribution is 8.17. The van der Waals surface area contributed by atoms with Crippen molar-refractivity contribution in [3.8, 4) is 5.75 Å². The molecule has 0 aliphatic heterocycles. The Morgan fingerprint density at radius 2 is 2.05 bits per heavy atom. The van der Waals surface area contributed by atoms with Crippen molar-refractivity contribution < 1.29 is 4.74 Å². The van der Waals surface area contributed by atoms with Gasteiger partial charge in [-0.1, -0.05) is 35.3 Å². The summed E-state index contributed by atoms with van der Waals surface area (Å²) in [5.41, 5.74) is 1.03. The molecular weight excluding hydrogens is 374 g/mol. The standard InChI is InChI=1S/C13H13N3OS5/c1-3-17-8-4-5-9-10(6-8)21-12(14-9)19-7-20-13-15-11(18-2)16-22-13/h4-6H,3,7H2,1-2H3. The van der Waals surface area contributed by atoms with Crippen molar-refractivity contribution in [1.29, 1.82) is 0 Å². The predicted molar refractivity (Wildman–Crippen MR) is 99.1 cm³/mol. The molecule has 0 saturated carbocycles. The molecule has 0 radical (unpaired) electrons. The van der Waals surface area contributed by atoms with E-state index < -0.39 is 0 Å². The maximum absolute atomic E-state index is 5.53. The molecular formula is C13H13N3OS5. The smallest absolute Gasteiger partial charge is 0.200 e. The normalized spacial score (nSPS) is 11.2. The lowest BCUT2D eigenvalue weighted by atomic mass is 10.3. The molecule has 1 aromatic carbocycles.